The van der Waals surface area contributed by atoms with Gasteiger partial charge in [0, 0.05) is 18.1 Å². The molecule has 3 rings (SSSR count). The van der Waals surface area contributed by atoms with Gasteiger partial charge in [-0.1, -0.05) is 18.2 Å². The van der Waals surface area contributed by atoms with Crippen LogP contribution in [-0.4, -0.2) is 17.5 Å². The van der Waals surface area contributed by atoms with Crippen LogP contribution < -0.4 is 10.1 Å². The molecule has 4 heteroatoms. The fourth-order valence-corrected chi connectivity index (χ4v) is 2.93. The van der Waals surface area contributed by atoms with E-state index < -0.39 is 0 Å². The first-order chi connectivity index (χ1) is 13.0. The topological polar surface area (TPSA) is 51.2 Å². The maximum Gasteiger partial charge on any atom is 0.262 e. The second-order valence-corrected chi connectivity index (χ2v) is 6.77. The Morgan fingerprint density at radius 2 is 1.63 bits per heavy atom. The first kappa shape index (κ1) is 18.6. The van der Waals surface area contributed by atoms with Crippen molar-refractivity contribution in [2.75, 3.05) is 11.9 Å². The number of hydrogen-bond donors (Lipinski definition) is 1. The predicted octanol–water partition coefficient (Wildman–Crippen LogP) is 4.62. The molecule has 0 aliphatic carbocycles. The maximum absolute atomic E-state index is 12.2. The highest BCUT2D eigenvalue weighted by molar-refractivity contribution is 5.91. The van der Waals surface area contributed by atoms with Crippen LogP contribution >= 0.6 is 0 Å². The molecule has 0 spiro atoms. The minimum atomic E-state index is -0.171. The molecular weight excluding hydrogens is 336 g/mol. The summed E-state index contributed by atoms with van der Waals surface area (Å²) >= 11 is 0. The molecule has 0 aliphatic heterocycles. The number of ether oxygens (including phenoxy) is 1. The van der Waals surface area contributed by atoms with Crippen molar-refractivity contribution in [3.8, 4) is 5.75 Å². The quantitative estimate of drug-likeness (QED) is 0.698. The summed E-state index contributed by atoms with van der Waals surface area (Å²) in [4.78, 5) is 16.2. The third-order valence-corrected chi connectivity index (χ3v) is 4.52. The van der Waals surface area contributed by atoms with Crippen LogP contribution in [0.4, 0.5) is 5.69 Å². The zero-order valence-electron chi connectivity index (χ0n) is 16.0. The summed E-state index contributed by atoms with van der Waals surface area (Å²) in [5.74, 6) is 0.589. The Hall–Kier alpha value is -3.14. The van der Waals surface area contributed by atoms with Gasteiger partial charge in [-0.05, 0) is 85.3 Å². The fourth-order valence-electron chi connectivity index (χ4n) is 2.93. The van der Waals surface area contributed by atoms with Crippen LogP contribution in [0.5, 0.6) is 5.75 Å². The number of anilines is 1. The molecule has 0 saturated heterocycles. The van der Waals surface area contributed by atoms with E-state index in [9.17, 15) is 4.79 Å². The van der Waals surface area contributed by atoms with Crippen molar-refractivity contribution in [3.05, 3.63) is 88.7 Å². The standard InChI is InChI=1S/C23H24N2O2/c1-16-12-17(2)18(3)22(13-16)27-15-23(26)25-21-6-4-19(5-7-21)14-20-8-10-24-11-9-20/h4-13H,14-15H2,1-3H3,(H,25,26). The van der Waals surface area contributed by atoms with Crippen molar-refractivity contribution >= 4 is 11.6 Å². The normalized spacial score (nSPS) is 10.5. The zero-order chi connectivity index (χ0) is 19.2. The van der Waals surface area contributed by atoms with E-state index in [1.165, 1.54) is 11.1 Å². The van der Waals surface area contributed by atoms with Crippen LogP contribution in [0.25, 0.3) is 0 Å². The molecule has 1 aromatic heterocycles. The Morgan fingerprint density at radius 3 is 2.33 bits per heavy atom. The molecule has 1 heterocycles. The summed E-state index contributed by atoms with van der Waals surface area (Å²) in [5, 5.41) is 2.88. The molecule has 1 N–H and O–H groups in total. The smallest absolute Gasteiger partial charge is 0.262 e. The number of benzene rings is 2. The van der Waals surface area contributed by atoms with Gasteiger partial charge in [-0.3, -0.25) is 9.78 Å². The van der Waals surface area contributed by atoms with Gasteiger partial charge >= 0.3 is 0 Å². The van der Waals surface area contributed by atoms with Gasteiger partial charge in [-0.2, -0.15) is 0 Å². The number of hydrogen-bond acceptors (Lipinski definition) is 3. The summed E-state index contributed by atoms with van der Waals surface area (Å²) in [6.07, 6.45) is 4.43. The van der Waals surface area contributed by atoms with Crippen molar-refractivity contribution in [1.82, 2.24) is 4.98 Å². The average molecular weight is 360 g/mol. The van der Waals surface area contributed by atoms with Crippen molar-refractivity contribution in [1.29, 1.82) is 0 Å². The molecule has 3 aromatic rings. The summed E-state index contributed by atoms with van der Waals surface area (Å²) in [6, 6.07) is 15.9. The SMILES string of the molecule is Cc1cc(C)c(C)c(OCC(=O)Nc2ccc(Cc3ccncc3)cc2)c1. The number of aromatic nitrogens is 1. The van der Waals surface area contributed by atoms with E-state index >= 15 is 0 Å². The molecule has 0 atom stereocenters. The number of amides is 1. The molecule has 0 unspecified atom stereocenters. The molecule has 2 aromatic carbocycles. The highest BCUT2D eigenvalue weighted by Crippen LogP contribution is 2.23. The lowest BCUT2D eigenvalue weighted by atomic mass is 10.1. The molecule has 4 nitrogen and oxygen atoms in total. The molecule has 0 aliphatic rings. The van der Waals surface area contributed by atoms with Crippen molar-refractivity contribution in [2.24, 2.45) is 0 Å². The maximum atomic E-state index is 12.2. The van der Waals surface area contributed by atoms with E-state index in [4.69, 9.17) is 4.74 Å². The number of pyridine rings is 1. The lowest BCUT2D eigenvalue weighted by Crippen LogP contribution is -2.20. The third-order valence-electron chi connectivity index (χ3n) is 4.52. The number of rotatable bonds is 6. The minimum Gasteiger partial charge on any atom is -0.483 e. The molecule has 0 saturated carbocycles. The monoisotopic (exact) mass is 360 g/mol. The summed E-state index contributed by atoms with van der Waals surface area (Å²) in [7, 11) is 0. The fraction of sp³-hybridized carbons (Fsp3) is 0.217. The molecule has 0 bridgehead atoms. The zero-order valence-corrected chi connectivity index (χ0v) is 16.0. The van der Waals surface area contributed by atoms with E-state index in [2.05, 4.69) is 16.4 Å². The van der Waals surface area contributed by atoms with Gasteiger partial charge < -0.3 is 10.1 Å². The van der Waals surface area contributed by atoms with Crippen molar-refractivity contribution in [2.45, 2.75) is 27.2 Å². The number of nitrogens with one attached hydrogen (secondary N) is 1. The Labute approximate surface area is 160 Å². The van der Waals surface area contributed by atoms with E-state index in [1.807, 2.05) is 63.2 Å². The van der Waals surface area contributed by atoms with Gasteiger partial charge in [0.2, 0.25) is 0 Å². The van der Waals surface area contributed by atoms with Crippen LogP contribution in [0.2, 0.25) is 0 Å². The molecule has 0 fully saturated rings. The van der Waals surface area contributed by atoms with E-state index in [-0.39, 0.29) is 12.5 Å². The molecule has 0 radical (unpaired) electrons. The average Bonchev–Trinajstić information content (AvgIpc) is 2.66. The Morgan fingerprint density at radius 1 is 0.963 bits per heavy atom. The second-order valence-electron chi connectivity index (χ2n) is 6.77. The van der Waals surface area contributed by atoms with Crippen LogP contribution in [0, 0.1) is 20.8 Å². The Bertz CT molecular complexity index is 919. The summed E-state index contributed by atoms with van der Waals surface area (Å²) < 4.78 is 5.72. The molecular formula is C23H24N2O2. The van der Waals surface area contributed by atoms with Crippen LogP contribution in [-0.2, 0) is 11.2 Å². The Balaban J connectivity index is 1.55. The van der Waals surface area contributed by atoms with Crippen LogP contribution in [0.3, 0.4) is 0 Å². The second kappa shape index (κ2) is 8.49. The van der Waals surface area contributed by atoms with Crippen LogP contribution in [0.1, 0.15) is 27.8 Å². The summed E-state index contributed by atoms with van der Waals surface area (Å²) in [6.45, 7) is 6.06. The van der Waals surface area contributed by atoms with Crippen molar-refractivity contribution in [3.63, 3.8) is 0 Å². The van der Waals surface area contributed by atoms with Gasteiger partial charge in [0.15, 0.2) is 6.61 Å². The highest BCUT2D eigenvalue weighted by Gasteiger charge is 2.08. The lowest BCUT2D eigenvalue weighted by molar-refractivity contribution is -0.118. The number of carbonyl (C=O) groups excluding carboxylic acids is 1. The van der Waals surface area contributed by atoms with E-state index in [1.54, 1.807) is 12.4 Å². The largest absolute Gasteiger partial charge is 0.483 e. The summed E-state index contributed by atoms with van der Waals surface area (Å²) in [5.41, 5.74) is 6.50. The number of nitrogens with zero attached hydrogens (tertiary/aromatic N) is 1. The Kier molecular flexibility index (Phi) is 5.87. The predicted molar refractivity (Wildman–Crippen MR) is 108 cm³/mol. The van der Waals surface area contributed by atoms with Gasteiger partial charge in [-0.15, -0.1) is 0 Å². The van der Waals surface area contributed by atoms with Gasteiger partial charge in [0.1, 0.15) is 5.75 Å². The number of carbonyl (C=O) groups is 1. The number of aryl methyl sites for hydroxylation is 2. The molecule has 27 heavy (non-hydrogen) atoms. The van der Waals surface area contributed by atoms with Gasteiger partial charge in [-0.25, -0.2) is 0 Å². The van der Waals surface area contributed by atoms with E-state index in [0.717, 1.165) is 34.5 Å². The van der Waals surface area contributed by atoms with Crippen molar-refractivity contribution < 1.29 is 9.53 Å². The minimum absolute atomic E-state index is 0.0114. The lowest BCUT2D eigenvalue weighted by Gasteiger charge is -2.12. The third kappa shape index (κ3) is 5.17. The van der Waals surface area contributed by atoms with Gasteiger partial charge in [0.25, 0.3) is 5.91 Å². The molecule has 138 valence electrons. The first-order valence-corrected chi connectivity index (χ1v) is 8.99. The molecule has 1 amide bonds. The highest BCUT2D eigenvalue weighted by atomic mass is 16.5. The van der Waals surface area contributed by atoms with Crippen LogP contribution in [0.15, 0.2) is 60.9 Å². The first-order valence-electron chi connectivity index (χ1n) is 8.99. The van der Waals surface area contributed by atoms with E-state index in [0.29, 0.717) is 0 Å². The van der Waals surface area contributed by atoms with Gasteiger partial charge in [0.05, 0.1) is 0 Å².